The van der Waals surface area contributed by atoms with E-state index in [9.17, 15) is 18.4 Å². The van der Waals surface area contributed by atoms with Crippen LogP contribution in [-0.2, 0) is 4.79 Å². The number of carbonyl (C=O) groups excluding carboxylic acids is 2. The molecule has 0 aromatic heterocycles. The number of benzene rings is 2. The second-order valence-corrected chi connectivity index (χ2v) is 7.08. The van der Waals surface area contributed by atoms with Crippen molar-refractivity contribution in [3.05, 3.63) is 65.7 Å². The molecule has 1 heterocycles. The number of halogens is 2. The Kier molecular flexibility index (Phi) is 7.73. The van der Waals surface area contributed by atoms with Crippen molar-refractivity contribution in [1.82, 2.24) is 15.1 Å². The Bertz CT molecular complexity index is 861. The van der Waals surface area contributed by atoms with Crippen molar-refractivity contribution in [2.24, 2.45) is 0 Å². The molecule has 6 nitrogen and oxygen atoms in total. The molecule has 0 saturated carbocycles. The highest BCUT2D eigenvalue weighted by Crippen LogP contribution is 2.11. The first-order chi connectivity index (χ1) is 14.5. The topological polar surface area (TPSA) is 61.9 Å². The van der Waals surface area contributed by atoms with Crippen LogP contribution in [-0.4, -0.2) is 67.5 Å². The predicted octanol–water partition coefficient (Wildman–Crippen LogP) is 2.31. The number of rotatable bonds is 7. The molecule has 1 aliphatic heterocycles. The van der Waals surface area contributed by atoms with Gasteiger partial charge < -0.3 is 15.0 Å². The highest BCUT2D eigenvalue weighted by Gasteiger charge is 2.21. The Labute approximate surface area is 174 Å². The van der Waals surface area contributed by atoms with Crippen LogP contribution in [0.15, 0.2) is 48.5 Å². The summed E-state index contributed by atoms with van der Waals surface area (Å²) in [6, 6.07) is 11.4. The minimum absolute atomic E-state index is 0.123. The van der Waals surface area contributed by atoms with Crippen LogP contribution in [0.3, 0.4) is 0 Å². The molecule has 1 N–H and O–H groups in total. The molecule has 3 rings (SSSR count). The molecule has 0 spiro atoms. The fourth-order valence-corrected chi connectivity index (χ4v) is 3.29. The molecule has 2 aromatic rings. The fraction of sp³-hybridized carbons (Fsp3) is 0.364. The monoisotopic (exact) mass is 417 g/mol. The summed E-state index contributed by atoms with van der Waals surface area (Å²) in [5.41, 5.74) is 0.336. The third-order valence-electron chi connectivity index (χ3n) is 4.82. The quantitative estimate of drug-likeness (QED) is 0.703. The van der Waals surface area contributed by atoms with Crippen LogP contribution >= 0.6 is 0 Å². The van der Waals surface area contributed by atoms with Crippen molar-refractivity contribution >= 4 is 11.8 Å². The number of hydrogen-bond donors (Lipinski definition) is 1. The molecule has 2 aromatic carbocycles. The molecular weight excluding hydrogens is 392 g/mol. The predicted molar refractivity (Wildman–Crippen MR) is 108 cm³/mol. The SMILES string of the molecule is O=C(CN1CCCN(C(=O)c2cccc(F)c2)CC1)NCCOc1ccc(F)cc1. The van der Waals surface area contributed by atoms with E-state index in [1.807, 2.05) is 4.90 Å². The van der Waals surface area contributed by atoms with Gasteiger partial charge in [0.15, 0.2) is 0 Å². The van der Waals surface area contributed by atoms with Gasteiger partial charge in [-0.15, -0.1) is 0 Å². The number of carbonyl (C=O) groups is 2. The third kappa shape index (κ3) is 6.52. The second-order valence-electron chi connectivity index (χ2n) is 7.08. The molecule has 0 atom stereocenters. The van der Waals surface area contributed by atoms with Crippen molar-refractivity contribution in [3.63, 3.8) is 0 Å². The van der Waals surface area contributed by atoms with Gasteiger partial charge in [0.2, 0.25) is 5.91 Å². The van der Waals surface area contributed by atoms with Gasteiger partial charge in [0.25, 0.3) is 5.91 Å². The van der Waals surface area contributed by atoms with Crippen molar-refractivity contribution < 1.29 is 23.1 Å². The second kappa shape index (κ2) is 10.7. The maximum absolute atomic E-state index is 13.4. The van der Waals surface area contributed by atoms with Crippen LogP contribution < -0.4 is 10.1 Å². The van der Waals surface area contributed by atoms with Crippen molar-refractivity contribution in [2.45, 2.75) is 6.42 Å². The minimum atomic E-state index is -0.433. The Morgan fingerprint density at radius 3 is 2.53 bits per heavy atom. The largest absolute Gasteiger partial charge is 0.492 e. The zero-order chi connectivity index (χ0) is 21.3. The number of nitrogens with zero attached hydrogens (tertiary/aromatic N) is 2. The summed E-state index contributed by atoms with van der Waals surface area (Å²) in [6.07, 6.45) is 0.738. The summed E-state index contributed by atoms with van der Waals surface area (Å²) >= 11 is 0. The van der Waals surface area contributed by atoms with Gasteiger partial charge in [0, 0.05) is 31.7 Å². The van der Waals surface area contributed by atoms with Crippen molar-refractivity contribution in [3.8, 4) is 5.75 Å². The summed E-state index contributed by atoms with van der Waals surface area (Å²) in [5.74, 6) is -0.538. The number of amides is 2. The molecule has 0 bridgehead atoms. The van der Waals surface area contributed by atoms with Gasteiger partial charge in [0.1, 0.15) is 24.0 Å². The zero-order valence-corrected chi connectivity index (χ0v) is 16.7. The van der Waals surface area contributed by atoms with E-state index in [4.69, 9.17) is 4.74 Å². The summed E-state index contributed by atoms with van der Waals surface area (Å²) in [7, 11) is 0. The molecule has 8 heteroatoms. The highest BCUT2D eigenvalue weighted by molar-refractivity contribution is 5.94. The number of nitrogens with one attached hydrogen (secondary N) is 1. The van der Waals surface area contributed by atoms with Gasteiger partial charge >= 0.3 is 0 Å². The van der Waals surface area contributed by atoms with Gasteiger partial charge in [-0.25, -0.2) is 8.78 Å². The molecule has 160 valence electrons. The molecule has 0 unspecified atom stereocenters. The Morgan fingerprint density at radius 1 is 0.967 bits per heavy atom. The first-order valence-corrected chi connectivity index (χ1v) is 9.93. The van der Waals surface area contributed by atoms with Crippen molar-refractivity contribution in [1.29, 1.82) is 0 Å². The van der Waals surface area contributed by atoms with E-state index in [2.05, 4.69) is 5.32 Å². The first kappa shape index (κ1) is 21.7. The molecule has 30 heavy (non-hydrogen) atoms. The molecular formula is C22H25F2N3O3. The van der Waals surface area contributed by atoms with Crippen LogP contribution in [0.1, 0.15) is 16.8 Å². The summed E-state index contributed by atoms with van der Waals surface area (Å²) in [6.45, 7) is 3.18. The summed E-state index contributed by atoms with van der Waals surface area (Å²) < 4.78 is 31.7. The van der Waals surface area contributed by atoms with E-state index < -0.39 is 5.82 Å². The van der Waals surface area contributed by atoms with Crippen LogP contribution in [0.4, 0.5) is 8.78 Å². The average molecular weight is 417 g/mol. The first-order valence-electron chi connectivity index (χ1n) is 9.93. The Hall–Kier alpha value is -3.00. The lowest BCUT2D eigenvalue weighted by atomic mass is 10.2. The summed E-state index contributed by atoms with van der Waals surface area (Å²) in [5, 5.41) is 2.80. The molecule has 1 aliphatic rings. The lowest BCUT2D eigenvalue weighted by molar-refractivity contribution is -0.122. The van der Waals surface area contributed by atoms with Gasteiger partial charge in [-0.05, 0) is 48.9 Å². The molecule has 1 saturated heterocycles. The van der Waals surface area contributed by atoms with E-state index in [1.165, 1.54) is 42.5 Å². The third-order valence-corrected chi connectivity index (χ3v) is 4.82. The fourth-order valence-electron chi connectivity index (χ4n) is 3.29. The average Bonchev–Trinajstić information content (AvgIpc) is 2.97. The van der Waals surface area contributed by atoms with E-state index in [0.29, 0.717) is 44.0 Å². The van der Waals surface area contributed by atoms with Crippen LogP contribution in [0.5, 0.6) is 5.75 Å². The van der Waals surface area contributed by atoms with Gasteiger partial charge in [-0.1, -0.05) is 6.07 Å². The molecule has 0 aliphatic carbocycles. The Balaban J connectivity index is 1.38. The lowest BCUT2D eigenvalue weighted by Gasteiger charge is -2.22. The van der Waals surface area contributed by atoms with Crippen LogP contribution in [0, 0.1) is 11.6 Å². The Morgan fingerprint density at radius 2 is 1.77 bits per heavy atom. The van der Waals surface area contributed by atoms with Gasteiger partial charge in [-0.3, -0.25) is 14.5 Å². The van der Waals surface area contributed by atoms with Gasteiger partial charge in [0.05, 0.1) is 13.1 Å². The normalized spacial score (nSPS) is 14.8. The number of hydrogen-bond acceptors (Lipinski definition) is 4. The van der Waals surface area contributed by atoms with E-state index in [0.717, 1.165) is 6.42 Å². The molecule has 1 fully saturated rings. The maximum atomic E-state index is 13.4. The standard InChI is InChI=1S/C22H25F2N3O3/c23-18-5-7-20(8-6-18)30-14-9-25-21(28)16-26-10-2-11-27(13-12-26)22(29)17-3-1-4-19(24)15-17/h1,3-8,15H,2,9-14,16H2,(H,25,28). The summed E-state index contributed by atoms with van der Waals surface area (Å²) in [4.78, 5) is 28.4. The molecule has 0 radical (unpaired) electrons. The van der Waals surface area contributed by atoms with Crippen LogP contribution in [0.2, 0.25) is 0 Å². The number of ether oxygens (including phenoxy) is 1. The lowest BCUT2D eigenvalue weighted by Crippen LogP contribution is -2.41. The van der Waals surface area contributed by atoms with E-state index >= 15 is 0 Å². The van der Waals surface area contributed by atoms with Crippen LogP contribution in [0.25, 0.3) is 0 Å². The van der Waals surface area contributed by atoms with E-state index in [1.54, 1.807) is 11.0 Å². The minimum Gasteiger partial charge on any atom is -0.492 e. The van der Waals surface area contributed by atoms with Gasteiger partial charge in [-0.2, -0.15) is 0 Å². The van der Waals surface area contributed by atoms with E-state index in [-0.39, 0.29) is 30.8 Å². The molecule has 2 amide bonds. The highest BCUT2D eigenvalue weighted by atomic mass is 19.1. The van der Waals surface area contributed by atoms with Crippen molar-refractivity contribution in [2.75, 3.05) is 45.9 Å². The maximum Gasteiger partial charge on any atom is 0.254 e. The smallest absolute Gasteiger partial charge is 0.254 e. The zero-order valence-electron chi connectivity index (χ0n) is 16.7.